The number of benzene rings is 1. The Hall–Kier alpha value is -2.12. The summed E-state index contributed by atoms with van der Waals surface area (Å²) >= 11 is 0. The van der Waals surface area contributed by atoms with Crippen LogP contribution in [0.3, 0.4) is 0 Å². The first-order chi connectivity index (χ1) is 12.1. The van der Waals surface area contributed by atoms with Crippen LogP contribution in [-0.4, -0.2) is 46.3 Å². The SMILES string of the molecule is COc1ccc(-c2noc(CN3C[C@@H]4CCC[C@@]4(C(=O)O)C3)n2)cc1.Cl. The summed E-state index contributed by atoms with van der Waals surface area (Å²) in [5.41, 5.74) is 0.273. The molecule has 0 spiro atoms. The summed E-state index contributed by atoms with van der Waals surface area (Å²) in [5, 5.41) is 13.7. The quantitative estimate of drug-likeness (QED) is 0.854. The molecular weight excluding hydrogens is 358 g/mol. The Labute approximate surface area is 157 Å². The highest BCUT2D eigenvalue weighted by atomic mass is 35.5. The van der Waals surface area contributed by atoms with Crippen molar-refractivity contribution in [1.29, 1.82) is 0 Å². The minimum Gasteiger partial charge on any atom is -0.497 e. The Kier molecular flexibility index (Phi) is 5.20. The summed E-state index contributed by atoms with van der Waals surface area (Å²) in [6.45, 7) is 1.84. The first kappa shape index (κ1) is 18.7. The van der Waals surface area contributed by atoms with Gasteiger partial charge in [-0.3, -0.25) is 9.69 Å². The van der Waals surface area contributed by atoms with Gasteiger partial charge < -0.3 is 14.4 Å². The maximum absolute atomic E-state index is 11.8. The Balaban J connectivity index is 0.00000196. The van der Waals surface area contributed by atoms with Crippen LogP contribution in [0.4, 0.5) is 0 Å². The molecule has 0 bridgehead atoms. The number of carbonyl (C=O) groups is 1. The van der Waals surface area contributed by atoms with E-state index in [1.54, 1.807) is 7.11 Å². The van der Waals surface area contributed by atoms with Gasteiger partial charge in [0.15, 0.2) is 0 Å². The number of hydrogen-bond donors (Lipinski definition) is 1. The van der Waals surface area contributed by atoms with Gasteiger partial charge in [-0.2, -0.15) is 4.98 Å². The number of likely N-dealkylation sites (tertiary alicyclic amines) is 1. The Morgan fingerprint density at radius 3 is 2.85 bits per heavy atom. The fraction of sp³-hybridized carbons (Fsp3) is 0.500. The molecule has 1 aromatic heterocycles. The fourth-order valence-corrected chi connectivity index (χ4v) is 4.23. The molecule has 26 heavy (non-hydrogen) atoms. The molecule has 0 radical (unpaired) electrons. The largest absolute Gasteiger partial charge is 0.497 e. The molecule has 1 aliphatic carbocycles. The zero-order valence-corrected chi connectivity index (χ0v) is 15.4. The number of nitrogens with zero attached hydrogens (tertiary/aromatic N) is 3. The standard InChI is InChI=1S/C18H21N3O4.ClH/c1-24-14-6-4-12(5-7-14)16-19-15(25-20-16)10-21-9-13-3-2-8-18(13,11-21)17(22)23;/h4-7,13H,2-3,8-11H2,1H3,(H,22,23);1H/t13-,18+;/m0./s1. The number of aromatic nitrogens is 2. The molecular formula is C18H22ClN3O4. The number of rotatable bonds is 5. The third kappa shape index (κ3) is 3.17. The minimum atomic E-state index is -0.665. The van der Waals surface area contributed by atoms with E-state index in [-0.39, 0.29) is 18.3 Å². The molecule has 1 saturated carbocycles. The molecule has 140 valence electrons. The van der Waals surface area contributed by atoms with Gasteiger partial charge in [0, 0.05) is 18.7 Å². The molecule has 1 saturated heterocycles. The summed E-state index contributed by atoms with van der Waals surface area (Å²) in [6.07, 6.45) is 2.77. The number of carboxylic acids is 1. The molecule has 2 fully saturated rings. The molecule has 2 atom stereocenters. The maximum Gasteiger partial charge on any atom is 0.311 e. The van der Waals surface area contributed by atoms with Gasteiger partial charge in [0.1, 0.15) is 5.75 Å². The zero-order valence-electron chi connectivity index (χ0n) is 14.6. The Morgan fingerprint density at radius 2 is 2.19 bits per heavy atom. The molecule has 8 heteroatoms. The van der Waals surface area contributed by atoms with Crippen LogP contribution in [0.15, 0.2) is 28.8 Å². The molecule has 2 aliphatic rings. The van der Waals surface area contributed by atoms with Crippen molar-refractivity contribution >= 4 is 18.4 Å². The molecule has 0 amide bonds. The third-order valence-electron chi connectivity index (χ3n) is 5.54. The van der Waals surface area contributed by atoms with Gasteiger partial charge in [-0.25, -0.2) is 0 Å². The summed E-state index contributed by atoms with van der Waals surface area (Å²) in [7, 11) is 1.62. The number of ether oxygens (including phenoxy) is 1. The Bertz CT molecular complexity index is 779. The highest BCUT2D eigenvalue weighted by Crippen LogP contribution is 2.49. The molecule has 2 aromatic rings. The average Bonchev–Trinajstić information content (AvgIpc) is 3.29. The van der Waals surface area contributed by atoms with Gasteiger partial charge >= 0.3 is 5.97 Å². The monoisotopic (exact) mass is 379 g/mol. The Morgan fingerprint density at radius 1 is 1.42 bits per heavy atom. The number of aliphatic carboxylic acids is 1. The van der Waals surface area contributed by atoms with Crippen molar-refractivity contribution in [3.05, 3.63) is 30.2 Å². The van der Waals surface area contributed by atoms with Crippen molar-refractivity contribution in [1.82, 2.24) is 15.0 Å². The van der Waals surface area contributed by atoms with Gasteiger partial charge in [-0.05, 0) is 43.0 Å². The van der Waals surface area contributed by atoms with Crippen LogP contribution in [0.2, 0.25) is 0 Å². The lowest BCUT2D eigenvalue weighted by Gasteiger charge is -2.23. The van der Waals surface area contributed by atoms with Crippen LogP contribution < -0.4 is 4.74 Å². The summed E-state index contributed by atoms with van der Waals surface area (Å²) in [6, 6.07) is 7.47. The van der Waals surface area contributed by atoms with E-state index in [4.69, 9.17) is 9.26 Å². The summed E-state index contributed by atoms with van der Waals surface area (Å²) in [4.78, 5) is 18.3. The van der Waals surface area contributed by atoms with Crippen molar-refractivity contribution in [2.75, 3.05) is 20.2 Å². The molecule has 2 heterocycles. The number of fused-ring (bicyclic) bond motifs is 1. The predicted octanol–water partition coefficient (Wildman–Crippen LogP) is 2.85. The van der Waals surface area contributed by atoms with Gasteiger partial charge in [0.2, 0.25) is 11.7 Å². The van der Waals surface area contributed by atoms with E-state index in [0.29, 0.717) is 24.8 Å². The normalized spacial score (nSPS) is 24.9. The van der Waals surface area contributed by atoms with Crippen LogP contribution in [-0.2, 0) is 11.3 Å². The lowest BCUT2D eigenvalue weighted by atomic mass is 9.81. The van der Waals surface area contributed by atoms with Gasteiger partial charge in [0.05, 0.1) is 19.1 Å². The molecule has 1 aromatic carbocycles. The lowest BCUT2D eigenvalue weighted by molar-refractivity contribution is -0.149. The molecule has 1 N–H and O–H groups in total. The van der Waals surface area contributed by atoms with Crippen LogP contribution >= 0.6 is 12.4 Å². The summed E-state index contributed by atoms with van der Waals surface area (Å²) < 4.78 is 10.5. The van der Waals surface area contributed by atoms with E-state index >= 15 is 0 Å². The van der Waals surface area contributed by atoms with Gasteiger partial charge in [0.25, 0.3) is 0 Å². The average molecular weight is 380 g/mol. The van der Waals surface area contributed by atoms with Crippen LogP contribution in [0.25, 0.3) is 11.4 Å². The molecule has 1 aliphatic heterocycles. The second-order valence-electron chi connectivity index (χ2n) is 6.96. The van der Waals surface area contributed by atoms with E-state index in [0.717, 1.165) is 37.1 Å². The van der Waals surface area contributed by atoms with Crippen molar-refractivity contribution in [2.45, 2.75) is 25.8 Å². The number of halogens is 1. The van der Waals surface area contributed by atoms with Crippen LogP contribution in [0.5, 0.6) is 5.75 Å². The van der Waals surface area contributed by atoms with Crippen LogP contribution in [0.1, 0.15) is 25.2 Å². The van der Waals surface area contributed by atoms with E-state index in [9.17, 15) is 9.90 Å². The second-order valence-corrected chi connectivity index (χ2v) is 6.96. The van der Waals surface area contributed by atoms with E-state index in [1.807, 2.05) is 24.3 Å². The summed E-state index contributed by atoms with van der Waals surface area (Å²) in [5.74, 6) is 1.39. The van der Waals surface area contributed by atoms with Crippen LogP contribution in [0, 0.1) is 11.3 Å². The van der Waals surface area contributed by atoms with E-state index < -0.39 is 11.4 Å². The predicted molar refractivity (Wildman–Crippen MR) is 96.2 cm³/mol. The lowest BCUT2D eigenvalue weighted by Crippen LogP contribution is -2.35. The number of methoxy groups -OCH3 is 1. The first-order valence-electron chi connectivity index (χ1n) is 8.53. The van der Waals surface area contributed by atoms with Gasteiger partial charge in [-0.1, -0.05) is 11.6 Å². The van der Waals surface area contributed by atoms with Gasteiger partial charge in [-0.15, -0.1) is 12.4 Å². The van der Waals surface area contributed by atoms with Crippen molar-refractivity contribution in [2.24, 2.45) is 11.3 Å². The van der Waals surface area contributed by atoms with Crippen molar-refractivity contribution in [3.63, 3.8) is 0 Å². The molecule has 0 unspecified atom stereocenters. The number of hydrogen-bond acceptors (Lipinski definition) is 6. The van der Waals surface area contributed by atoms with E-state index in [1.165, 1.54) is 0 Å². The second kappa shape index (κ2) is 7.25. The van der Waals surface area contributed by atoms with E-state index in [2.05, 4.69) is 15.0 Å². The zero-order chi connectivity index (χ0) is 17.4. The minimum absolute atomic E-state index is 0. The third-order valence-corrected chi connectivity index (χ3v) is 5.54. The fourth-order valence-electron chi connectivity index (χ4n) is 4.23. The molecule has 7 nitrogen and oxygen atoms in total. The topological polar surface area (TPSA) is 88.7 Å². The first-order valence-corrected chi connectivity index (χ1v) is 8.53. The highest BCUT2D eigenvalue weighted by Gasteiger charge is 2.54. The number of carboxylic acid groups (broad SMARTS) is 1. The molecule has 4 rings (SSSR count). The smallest absolute Gasteiger partial charge is 0.311 e. The van der Waals surface area contributed by atoms with Crippen molar-refractivity contribution < 1.29 is 19.2 Å². The maximum atomic E-state index is 11.8. The van der Waals surface area contributed by atoms with Crippen molar-refractivity contribution in [3.8, 4) is 17.1 Å². The highest BCUT2D eigenvalue weighted by molar-refractivity contribution is 5.85.